The Kier molecular flexibility index (Phi) is 8.37. The van der Waals surface area contributed by atoms with Crippen LogP contribution in [0.15, 0.2) is 24.3 Å². The van der Waals surface area contributed by atoms with Crippen molar-refractivity contribution in [3.8, 4) is 10.6 Å². The van der Waals surface area contributed by atoms with E-state index in [4.69, 9.17) is 10.1 Å². The summed E-state index contributed by atoms with van der Waals surface area (Å²) in [5.41, 5.74) is 5.79. The van der Waals surface area contributed by atoms with Crippen LogP contribution in [0, 0.1) is 0 Å². The molecule has 1 fully saturated rings. The van der Waals surface area contributed by atoms with Gasteiger partial charge in [-0.25, -0.2) is 14.7 Å². The number of aromatic nitrogens is 1. The summed E-state index contributed by atoms with van der Waals surface area (Å²) in [6.45, 7) is 6.64. The minimum Gasteiger partial charge on any atom is -1.00 e. The fraction of sp³-hybridized carbons (Fsp3) is 0.478. The van der Waals surface area contributed by atoms with Crippen molar-refractivity contribution in [3.05, 3.63) is 40.7 Å². The Labute approximate surface area is 217 Å². The fourth-order valence-electron chi connectivity index (χ4n) is 4.32. The Morgan fingerprint density at radius 1 is 1.03 bits per heavy atom. The van der Waals surface area contributed by atoms with Crippen molar-refractivity contribution >= 4 is 37.5 Å². The molecule has 0 spiro atoms. The van der Waals surface area contributed by atoms with Crippen LogP contribution in [-0.2, 0) is 23.1 Å². The van der Waals surface area contributed by atoms with Crippen molar-refractivity contribution in [1.82, 2.24) is 13.9 Å². The number of hydrogen-bond donors (Lipinski definition) is 1. The van der Waals surface area contributed by atoms with E-state index in [-0.39, 0.29) is 24.0 Å². The van der Waals surface area contributed by atoms with Crippen molar-refractivity contribution in [2.45, 2.75) is 33.1 Å². The normalized spacial score (nSPS) is 15.5. The van der Waals surface area contributed by atoms with Gasteiger partial charge in [-0.15, -0.1) is 11.3 Å². The van der Waals surface area contributed by atoms with Gasteiger partial charge in [0.1, 0.15) is 14.1 Å². The maximum absolute atomic E-state index is 11.8. The Hall–Kier alpha value is -1.34. The number of nitrogens with zero attached hydrogens (tertiary/aromatic N) is 4. The van der Waals surface area contributed by atoms with Crippen LogP contribution in [0.1, 0.15) is 31.4 Å². The second kappa shape index (κ2) is 10.5. The maximum Gasteiger partial charge on any atom is 0.276 e. The quantitative estimate of drug-likeness (QED) is 0.243. The molecule has 2 aliphatic heterocycles. The van der Waals surface area contributed by atoms with Crippen molar-refractivity contribution in [2.24, 2.45) is 5.14 Å². The summed E-state index contributed by atoms with van der Waals surface area (Å²) in [5.74, 6) is 0. The number of hydrogen-bond acceptors (Lipinski definition) is 5. The molecule has 7 nitrogen and oxygen atoms in total. The Bertz CT molecular complexity index is 1300. The van der Waals surface area contributed by atoms with E-state index in [0.717, 1.165) is 47.4 Å². The van der Waals surface area contributed by atoms with Gasteiger partial charge in [-0.2, -0.15) is 12.7 Å². The van der Waals surface area contributed by atoms with Crippen LogP contribution in [-0.4, -0.2) is 58.0 Å². The first-order chi connectivity index (χ1) is 15.2. The molecule has 33 heavy (non-hydrogen) atoms. The minimum absolute atomic E-state index is 0. The molecule has 180 valence electrons. The van der Waals surface area contributed by atoms with E-state index in [1.807, 2.05) is 0 Å². The highest BCUT2D eigenvalue weighted by atomic mass is 127. The Balaban J connectivity index is 0.00000306. The van der Waals surface area contributed by atoms with Crippen LogP contribution in [0.5, 0.6) is 0 Å². The number of benzene rings is 2. The molecule has 1 aromatic rings. The molecule has 1 aromatic carbocycles. The summed E-state index contributed by atoms with van der Waals surface area (Å²) in [4.78, 5) is 8.60. The summed E-state index contributed by atoms with van der Waals surface area (Å²) >= 11 is 1.79. The molecule has 0 bridgehead atoms. The lowest BCUT2D eigenvalue weighted by Crippen LogP contribution is -3.00. The predicted molar refractivity (Wildman–Crippen MR) is 134 cm³/mol. The molecule has 0 amide bonds. The van der Waals surface area contributed by atoms with E-state index in [9.17, 15) is 8.42 Å². The van der Waals surface area contributed by atoms with Crippen molar-refractivity contribution in [2.75, 3.05) is 45.2 Å². The van der Waals surface area contributed by atoms with Crippen molar-refractivity contribution in [1.29, 1.82) is 0 Å². The molecule has 4 rings (SSSR count). The van der Waals surface area contributed by atoms with Crippen LogP contribution < -0.4 is 43.9 Å². The third kappa shape index (κ3) is 5.50. The Morgan fingerprint density at radius 3 is 2.39 bits per heavy atom. The summed E-state index contributed by atoms with van der Waals surface area (Å²) < 4.78 is 28.2. The van der Waals surface area contributed by atoms with E-state index in [0.29, 0.717) is 19.6 Å². The largest absolute Gasteiger partial charge is 1.00 e. The topological polar surface area (TPSA) is 82.5 Å². The van der Waals surface area contributed by atoms with Gasteiger partial charge in [0.05, 0.1) is 20.8 Å². The smallest absolute Gasteiger partial charge is 0.276 e. The zero-order valence-electron chi connectivity index (χ0n) is 19.6. The highest BCUT2D eigenvalue weighted by Gasteiger charge is 2.23. The molecule has 2 heterocycles. The first-order valence-corrected chi connectivity index (χ1v) is 13.5. The van der Waals surface area contributed by atoms with Crippen LogP contribution in [0.3, 0.4) is 0 Å². The molecule has 0 saturated carbocycles. The van der Waals surface area contributed by atoms with Crippen molar-refractivity contribution in [3.63, 3.8) is 0 Å². The lowest BCUT2D eigenvalue weighted by Gasteiger charge is -2.24. The first kappa shape index (κ1) is 26.3. The zero-order chi connectivity index (χ0) is 23.0. The van der Waals surface area contributed by atoms with E-state index in [1.54, 1.807) is 11.3 Å². The summed E-state index contributed by atoms with van der Waals surface area (Å²) in [6, 6.07) is 8.90. The molecule has 2 N–H and O–H groups in total. The van der Waals surface area contributed by atoms with E-state index < -0.39 is 10.2 Å². The molecule has 0 radical (unpaired) electrons. The Morgan fingerprint density at radius 2 is 1.76 bits per heavy atom. The molecule has 0 unspecified atom stereocenters. The molecule has 3 aliphatic rings. The molecule has 1 saturated heterocycles. The summed E-state index contributed by atoms with van der Waals surface area (Å²) in [7, 11) is 0.484. The SMILES string of the molecule is CCc1cc(=[N+](C)C)cc2sc3cc(N4CCCN(S(N)(=O)=O)CC4)cc(CC)c3nc1-2.[I-]. The zero-order valence-corrected chi connectivity index (χ0v) is 23.4. The van der Waals surface area contributed by atoms with Crippen LogP contribution >= 0.6 is 11.3 Å². The van der Waals surface area contributed by atoms with Crippen LogP contribution in [0.4, 0.5) is 5.69 Å². The molecule has 10 heteroatoms. The van der Waals surface area contributed by atoms with Gasteiger partial charge in [0.15, 0.2) is 0 Å². The summed E-state index contributed by atoms with van der Waals surface area (Å²) in [6.07, 6.45) is 2.59. The van der Waals surface area contributed by atoms with E-state index in [2.05, 4.69) is 61.7 Å². The molecular weight excluding hydrogens is 569 g/mol. The number of aryl methyl sites for hydroxylation is 2. The number of halogens is 1. The summed E-state index contributed by atoms with van der Waals surface area (Å²) in [5, 5.41) is 6.55. The van der Waals surface area contributed by atoms with E-state index in [1.165, 1.54) is 25.7 Å². The average Bonchev–Trinajstić information content (AvgIpc) is 3.02. The van der Waals surface area contributed by atoms with Gasteiger partial charge in [0.2, 0.25) is 5.36 Å². The fourth-order valence-corrected chi connectivity index (χ4v) is 6.19. The minimum atomic E-state index is -3.65. The second-order valence-electron chi connectivity index (χ2n) is 8.50. The molecular formula is C23H32IN5O2S2. The average molecular weight is 602 g/mol. The van der Waals surface area contributed by atoms with Gasteiger partial charge in [-0.3, -0.25) is 0 Å². The van der Waals surface area contributed by atoms with Gasteiger partial charge in [0.25, 0.3) is 10.2 Å². The van der Waals surface area contributed by atoms with Crippen LogP contribution in [0.25, 0.3) is 20.8 Å². The molecule has 0 aromatic heterocycles. The van der Waals surface area contributed by atoms with Gasteiger partial charge in [0, 0.05) is 44.0 Å². The lowest BCUT2D eigenvalue weighted by molar-refractivity contribution is -0.00000940. The van der Waals surface area contributed by atoms with Crippen molar-refractivity contribution < 1.29 is 32.4 Å². The van der Waals surface area contributed by atoms with Gasteiger partial charge >= 0.3 is 0 Å². The first-order valence-electron chi connectivity index (χ1n) is 11.1. The third-order valence-corrected chi connectivity index (χ3v) is 8.33. The number of nitrogens with two attached hydrogens (primary N) is 1. The highest BCUT2D eigenvalue weighted by Crippen LogP contribution is 2.36. The number of fused-ring (bicyclic) bond motifs is 2. The predicted octanol–water partition coefficient (Wildman–Crippen LogP) is -0.723. The number of rotatable bonds is 4. The van der Waals surface area contributed by atoms with Gasteiger partial charge in [-0.05, 0) is 42.5 Å². The second-order valence-corrected chi connectivity index (χ2v) is 11.1. The highest BCUT2D eigenvalue weighted by molar-refractivity contribution is 7.86. The van der Waals surface area contributed by atoms with Gasteiger partial charge in [-0.1, -0.05) is 13.8 Å². The lowest BCUT2D eigenvalue weighted by atomic mass is 10.1. The molecule has 0 atom stereocenters. The van der Waals surface area contributed by atoms with Crippen LogP contribution in [0.2, 0.25) is 0 Å². The number of anilines is 1. The standard InChI is InChI=1S/C23H32N5O2S2.HI/c1-5-16-12-18(26(3)4)14-20-22(16)25-23-17(6-2)13-19(15-21(23)31-20)27-8-7-9-28(11-10-27)32(24,29)30;/h12-15H,5-11H2,1-4H3,(H2,24,29,30);1H/q+1;/p-1. The monoisotopic (exact) mass is 601 g/mol. The molecule has 1 aliphatic carbocycles. The van der Waals surface area contributed by atoms with Gasteiger partial charge < -0.3 is 28.9 Å². The maximum atomic E-state index is 11.8. The van der Waals surface area contributed by atoms with E-state index >= 15 is 0 Å². The third-order valence-electron chi connectivity index (χ3n) is 6.18.